The molecular formula is C12H18ClNO. The topological polar surface area (TPSA) is 46.2 Å². The molecular weight excluding hydrogens is 210 g/mol. The lowest BCUT2D eigenvalue weighted by atomic mass is 9.95. The van der Waals surface area contributed by atoms with E-state index in [1.165, 1.54) is 0 Å². The van der Waals surface area contributed by atoms with Crippen LogP contribution in [0.15, 0.2) is 6.07 Å². The van der Waals surface area contributed by atoms with E-state index < -0.39 is 0 Å². The zero-order valence-corrected chi connectivity index (χ0v) is 10.1. The van der Waals surface area contributed by atoms with Gasteiger partial charge in [0, 0.05) is 11.6 Å². The van der Waals surface area contributed by atoms with Crippen LogP contribution >= 0.6 is 11.6 Å². The minimum absolute atomic E-state index is 0.0133. The van der Waals surface area contributed by atoms with Gasteiger partial charge in [0.25, 0.3) is 0 Å². The highest BCUT2D eigenvalue weighted by Crippen LogP contribution is 2.28. The van der Waals surface area contributed by atoms with Crippen molar-refractivity contribution in [2.45, 2.75) is 39.8 Å². The lowest BCUT2D eigenvalue weighted by Crippen LogP contribution is -2.08. The zero-order valence-electron chi connectivity index (χ0n) is 9.31. The summed E-state index contributed by atoms with van der Waals surface area (Å²) in [5.41, 5.74) is 9.75. The molecule has 0 spiro atoms. The normalized spacial score (nSPS) is 10.7. The molecule has 0 aliphatic heterocycles. The lowest BCUT2D eigenvalue weighted by molar-refractivity contribution is 0.279. The van der Waals surface area contributed by atoms with Crippen LogP contribution in [0.1, 0.15) is 36.1 Å². The highest BCUT2D eigenvalue weighted by Gasteiger charge is 2.13. The Bertz CT molecular complexity index is 350. The van der Waals surface area contributed by atoms with E-state index in [2.05, 4.69) is 19.9 Å². The number of halogens is 1. The monoisotopic (exact) mass is 227 g/mol. The molecule has 0 unspecified atom stereocenters. The van der Waals surface area contributed by atoms with Gasteiger partial charge in [0.2, 0.25) is 0 Å². The number of benzene rings is 1. The molecule has 0 bridgehead atoms. The van der Waals surface area contributed by atoms with Crippen molar-refractivity contribution in [1.82, 2.24) is 0 Å². The summed E-state index contributed by atoms with van der Waals surface area (Å²) in [5, 5.41) is 10.1. The van der Waals surface area contributed by atoms with E-state index in [1.807, 2.05) is 0 Å². The fourth-order valence-corrected chi connectivity index (χ4v) is 2.24. The minimum Gasteiger partial charge on any atom is -0.392 e. The molecule has 0 fully saturated rings. The van der Waals surface area contributed by atoms with E-state index in [0.717, 1.165) is 40.1 Å². The highest BCUT2D eigenvalue weighted by atomic mass is 35.5. The Morgan fingerprint density at radius 1 is 1.20 bits per heavy atom. The summed E-state index contributed by atoms with van der Waals surface area (Å²) in [5.74, 6) is 0. The predicted octanol–water partition coefficient (Wildman–Crippen LogP) is 2.42. The number of rotatable bonds is 4. The summed E-state index contributed by atoms with van der Waals surface area (Å²) >= 11 is 6.23. The second kappa shape index (κ2) is 5.50. The number of nitrogens with two attached hydrogens (primary N) is 1. The Morgan fingerprint density at radius 2 is 1.80 bits per heavy atom. The van der Waals surface area contributed by atoms with Crippen LogP contribution < -0.4 is 5.73 Å². The summed E-state index contributed by atoms with van der Waals surface area (Å²) in [6, 6.07) is 2.08. The van der Waals surface area contributed by atoms with Crippen molar-refractivity contribution in [3.8, 4) is 0 Å². The van der Waals surface area contributed by atoms with Gasteiger partial charge in [-0.3, -0.25) is 0 Å². The molecule has 1 rings (SSSR count). The van der Waals surface area contributed by atoms with Crippen LogP contribution in [0.4, 0.5) is 0 Å². The third kappa shape index (κ3) is 2.33. The number of aryl methyl sites for hydroxylation is 2. The van der Waals surface area contributed by atoms with Crippen LogP contribution in [-0.2, 0) is 26.0 Å². The van der Waals surface area contributed by atoms with Gasteiger partial charge in [-0.05, 0) is 35.1 Å². The largest absolute Gasteiger partial charge is 0.392 e. The first-order valence-electron chi connectivity index (χ1n) is 5.32. The molecule has 2 nitrogen and oxygen atoms in total. The molecule has 0 heterocycles. The number of hydrogen-bond acceptors (Lipinski definition) is 2. The smallest absolute Gasteiger partial charge is 0.0688 e. The second-order valence-corrected chi connectivity index (χ2v) is 3.91. The molecule has 84 valence electrons. The fourth-order valence-electron chi connectivity index (χ4n) is 1.86. The van der Waals surface area contributed by atoms with Crippen molar-refractivity contribution in [2.24, 2.45) is 5.73 Å². The summed E-state index contributed by atoms with van der Waals surface area (Å²) in [6.45, 7) is 4.54. The highest BCUT2D eigenvalue weighted by molar-refractivity contribution is 6.32. The molecule has 0 saturated heterocycles. The van der Waals surface area contributed by atoms with E-state index >= 15 is 0 Å². The van der Waals surface area contributed by atoms with Gasteiger partial charge in [-0.25, -0.2) is 0 Å². The molecule has 1 aromatic carbocycles. The van der Waals surface area contributed by atoms with Crippen molar-refractivity contribution in [3.05, 3.63) is 33.3 Å². The van der Waals surface area contributed by atoms with Gasteiger partial charge in [-0.1, -0.05) is 31.5 Å². The van der Waals surface area contributed by atoms with Crippen molar-refractivity contribution >= 4 is 11.6 Å². The maximum Gasteiger partial charge on any atom is 0.0688 e. The Labute approximate surface area is 96.1 Å². The van der Waals surface area contributed by atoms with Gasteiger partial charge in [0.1, 0.15) is 0 Å². The summed E-state index contributed by atoms with van der Waals surface area (Å²) in [4.78, 5) is 0. The SMILES string of the molecule is CCc1cc(CC)c(CO)c(CN)c1Cl. The van der Waals surface area contributed by atoms with Crippen LogP contribution in [0, 0.1) is 0 Å². The minimum atomic E-state index is 0.0133. The third-order valence-corrected chi connectivity index (χ3v) is 3.24. The van der Waals surface area contributed by atoms with Crippen LogP contribution in [0.25, 0.3) is 0 Å². The standard InChI is InChI=1S/C12H18ClNO/c1-3-8-5-9(4-2)12(13)10(6-14)11(8)7-15/h5,15H,3-4,6-7,14H2,1-2H3. The number of aliphatic hydroxyl groups excluding tert-OH is 1. The van der Waals surface area contributed by atoms with Crippen LogP contribution in [0.5, 0.6) is 0 Å². The van der Waals surface area contributed by atoms with E-state index in [4.69, 9.17) is 17.3 Å². The van der Waals surface area contributed by atoms with Gasteiger partial charge in [-0.15, -0.1) is 0 Å². The van der Waals surface area contributed by atoms with Gasteiger partial charge in [0.15, 0.2) is 0 Å². The molecule has 0 aliphatic carbocycles. The molecule has 3 heteroatoms. The molecule has 3 N–H and O–H groups in total. The first kappa shape index (κ1) is 12.5. The average Bonchev–Trinajstić information content (AvgIpc) is 2.28. The van der Waals surface area contributed by atoms with Gasteiger partial charge in [0.05, 0.1) is 6.61 Å². The number of hydrogen-bond donors (Lipinski definition) is 2. The maximum atomic E-state index is 9.34. The Morgan fingerprint density at radius 3 is 2.20 bits per heavy atom. The van der Waals surface area contributed by atoms with Crippen molar-refractivity contribution in [2.75, 3.05) is 0 Å². The first-order chi connectivity index (χ1) is 7.19. The van der Waals surface area contributed by atoms with E-state index in [9.17, 15) is 5.11 Å². The second-order valence-electron chi connectivity index (χ2n) is 3.54. The number of aliphatic hydroxyl groups is 1. The van der Waals surface area contributed by atoms with Crippen LogP contribution in [0.3, 0.4) is 0 Å². The fraction of sp³-hybridized carbons (Fsp3) is 0.500. The summed E-state index contributed by atoms with van der Waals surface area (Å²) in [6.07, 6.45) is 1.79. The Hall–Kier alpha value is -0.570. The predicted molar refractivity (Wildman–Crippen MR) is 64.0 cm³/mol. The zero-order chi connectivity index (χ0) is 11.4. The Balaban J connectivity index is 3.43. The molecule has 15 heavy (non-hydrogen) atoms. The molecule has 0 saturated carbocycles. The van der Waals surface area contributed by atoms with Crippen molar-refractivity contribution in [3.63, 3.8) is 0 Å². The lowest BCUT2D eigenvalue weighted by Gasteiger charge is -2.16. The molecule has 0 aliphatic rings. The van der Waals surface area contributed by atoms with E-state index in [1.54, 1.807) is 0 Å². The molecule has 0 amide bonds. The van der Waals surface area contributed by atoms with Gasteiger partial charge < -0.3 is 10.8 Å². The molecule has 0 radical (unpaired) electrons. The van der Waals surface area contributed by atoms with Crippen LogP contribution in [0.2, 0.25) is 5.02 Å². The Kier molecular flexibility index (Phi) is 4.58. The first-order valence-corrected chi connectivity index (χ1v) is 5.70. The van der Waals surface area contributed by atoms with E-state index in [-0.39, 0.29) is 6.61 Å². The van der Waals surface area contributed by atoms with Crippen LogP contribution in [-0.4, -0.2) is 5.11 Å². The molecule has 0 aromatic heterocycles. The molecule has 0 atom stereocenters. The molecule has 1 aromatic rings. The third-order valence-electron chi connectivity index (χ3n) is 2.77. The maximum absolute atomic E-state index is 9.34. The summed E-state index contributed by atoms with van der Waals surface area (Å²) < 4.78 is 0. The van der Waals surface area contributed by atoms with Crippen molar-refractivity contribution < 1.29 is 5.11 Å². The quantitative estimate of drug-likeness (QED) is 0.830. The van der Waals surface area contributed by atoms with Gasteiger partial charge >= 0.3 is 0 Å². The van der Waals surface area contributed by atoms with E-state index in [0.29, 0.717) is 6.54 Å². The summed E-state index contributed by atoms with van der Waals surface area (Å²) in [7, 11) is 0. The van der Waals surface area contributed by atoms with Gasteiger partial charge in [-0.2, -0.15) is 0 Å². The van der Waals surface area contributed by atoms with Crippen molar-refractivity contribution in [1.29, 1.82) is 0 Å². The average molecular weight is 228 g/mol.